The monoisotopic (exact) mass is 232 g/mol. The van der Waals surface area contributed by atoms with Crippen LogP contribution in [0.25, 0.3) is 0 Å². The lowest BCUT2D eigenvalue weighted by atomic mass is 9.98. The number of carbonyl (C=O) groups excluding carboxylic acids is 1. The lowest BCUT2D eigenvalue weighted by Crippen LogP contribution is -2.53. The van der Waals surface area contributed by atoms with Crippen LogP contribution in [0.3, 0.4) is 0 Å². The van der Waals surface area contributed by atoms with Crippen molar-refractivity contribution in [2.75, 3.05) is 26.7 Å². The van der Waals surface area contributed by atoms with Gasteiger partial charge in [-0.2, -0.15) is 0 Å². The number of carbonyl (C=O) groups is 1. The van der Waals surface area contributed by atoms with E-state index in [1.54, 1.807) is 0 Å². The molecule has 1 atom stereocenters. The Morgan fingerprint density at radius 2 is 2.12 bits per heavy atom. The molecule has 17 heavy (non-hydrogen) atoms. The second-order valence-corrected chi connectivity index (χ2v) is 4.86. The number of aryl methyl sites for hydroxylation is 2. The van der Waals surface area contributed by atoms with Gasteiger partial charge in [-0.1, -0.05) is 12.1 Å². The largest absolute Gasteiger partial charge is 0.313 e. The van der Waals surface area contributed by atoms with Crippen molar-refractivity contribution in [3.8, 4) is 0 Å². The van der Waals surface area contributed by atoms with Gasteiger partial charge in [-0.25, -0.2) is 0 Å². The summed E-state index contributed by atoms with van der Waals surface area (Å²) in [5.41, 5.74) is 3.24. The summed E-state index contributed by atoms with van der Waals surface area (Å²) < 4.78 is 0. The lowest BCUT2D eigenvalue weighted by molar-refractivity contribution is 0.0819. The molecule has 1 aromatic rings. The van der Waals surface area contributed by atoms with Crippen LogP contribution in [0.1, 0.15) is 21.5 Å². The predicted molar refractivity (Wildman–Crippen MR) is 69.5 cm³/mol. The summed E-state index contributed by atoms with van der Waals surface area (Å²) in [5, 5.41) is 3.28. The Hall–Kier alpha value is -1.19. The van der Waals surface area contributed by atoms with E-state index in [0.29, 0.717) is 0 Å². The van der Waals surface area contributed by atoms with E-state index in [1.807, 2.05) is 25.2 Å². The van der Waals surface area contributed by atoms with Gasteiger partial charge in [0.15, 0.2) is 5.78 Å². The average molecular weight is 232 g/mol. The Bertz CT molecular complexity index is 428. The Labute approximate surface area is 103 Å². The maximum Gasteiger partial charge on any atom is 0.181 e. The highest BCUT2D eigenvalue weighted by Crippen LogP contribution is 2.14. The van der Waals surface area contributed by atoms with Crippen LogP contribution in [0.4, 0.5) is 0 Å². The first kappa shape index (κ1) is 12.3. The molecule has 0 bridgehead atoms. The number of rotatable bonds is 2. The van der Waals surface area contributed by atoms with Crippen LogP contribution < -0.4 is 5.32 Å². The van der Waals surface area contributed by atoms with Gasteiger partial charge in [0.1, 0.15) is 0 Å². The molecule has 0 aromatic heterocycles. The van der Waals surface area contributed by atoms with Crippen molar-refractivity contribution < 1.29 is 4.79 Å². The van der Waals surface area contributed by atoms with E-state index in [2.05, 4.69) is 24.1 Å². The molecule has 1 heterocycles. The summed E-state index contributed by atoms with van der Waals surface area (Å²) in [6, 6.07) is 5.94. The zero-order chi connectivity index (χ0) is 12.4. The fraction of sp³-hybridized carbons (Fsp3) is 0.500. The van der Waals surface area contributed by atoms with Gasteiger partial charge in [0.05, 0.1) is 6.04 Å². The number of benzene rings is 1. The van der Waals surface area contributed by atoms with E-state index >= 15 is 0 Å². The van der Waals surface area contributed by atoms with Crippen molar-refractivity contribution in [3.63, 3.8) is 0 Å². The number of nitrogens with zero attached hydrogens (tertiary/aromatic N) is 1. The van der Waals surface area contributed by atoms with E-state index < -0.39 is 0 Å². The highest BCUT2D eigenvalue weighted by molar-refractivity contribution is 6.00. The SMILES string of the molecule is Cc1ccc(C(=O)C2CNCCN2C)cc1C. The first-order chi connectivity index (χ1) is 8.09. The Kier molecular flexibility index (Phi) is 3.60. The molecular weight excluding hydrogens is 212 g/mol. The summed E-state index contributed by atoms with van der Waals surface area (Å²) in [4.78, 5) is 14.5. The summed E-state index contributed by atoms with van der Waals surface area (Å²) in [6.07, 6.45) is 0. The number of nitrogens with one attached hydrogen (secondary N) is 1. The smallest absolute Gasteiger partial charge is 0.181 e. The number of likely N-dealkylation sites (N-methyl/N-ethyl adjacent to an activating group) is 1. The summed E-state index contributed by atoms with van der Waals surface area (Å²) in [6.45, 7) is 6.77. The van der Waals surface area contributed by atoms with Crippen molar-refractivity contribution in [1.82, 2.24) is 10.2 Å². The van der Waals surface area contributed by atoms with E-state index in [1.165, 1.54) is 11.1 Å². The minimum absolute atomic E-state index is 0.0224. The third kappa shape index (κ3) is 2.56. The third-order valence-corrected chi connectivity index (χ3v) is 3.61. The van der Waals surface area contributed by atoms with Crippen LogP contribution in [-0.2, 0) is 0 Å². The van der Waals surface area contributed by atoms with Gasteiger partial charge in [-0.3, -0.25) is 9.69 Å². The zero-order valence-corrected chi connectivity index (χ0v) is 10.8. The first-order valence-corrected chi connectivity index (χ1v) is 6.12. The zero-order valence-electron chi connectivity index (χ0n) is 10.8. The topological polar surface area (TPSA) is 32.3 Å². The van der Waals surface area contributed by atoms with Crippen LogP contribution in [0, 0.1) is 13.8 Å². The van der Waals surface area contributed by atoms with Gasteiger partial charge < -0.3 is 5.32 Å². The maximum absolute atomic E-state index is 12.4. The molecule has 3 nitrogen and oxygen atoms in total. The van der Waals surface area contributed by atoms with Gasteiger partial charge in [0, 0.05) is 25.2 Å². The summed E-state index contributed by atoms with van der Waals surface area (Å²) in [5.74, 6) is 0.225. The predicted octanol–water partition coefficient (Wildman–Crippen LogP) is 1.39. The van der Waals surface area contributed by atoms with Crippen LogP contribution in [0.2, 0.25) is 0 Å². The van der Waals surface area contributed by atoms with Crippen LogP contribution in [0.5, 0.6) is 0 Å². The molecule has 0 saturated carbocycles. The molecule has 1 saturated heterocycles. The van der Waals surface area contributed by atoms with Crippen molar-refractivity contribution in [1.29, 1.82) is 0 Å². The highest BCUT2D eigenvalue weighted by atomic mass is 16.1. The van der Waals surface area contributed by atoms with Crippen molar-refractivity contribution in [2.24, 2.45) is 0 Å². The fourth-order valence-corrected chi connectivity index (χ4v) is 2.19. The van der Waals surface area contributed by atoms with Gasteiger partial charge in [-0.15, -0.1) is 0 Å². The number of piperazine rings is 1. The molecule has 1 fully saturated rings. The van der Waals surface area contributed by atoms with E-state index in [4.69, 9.17) is 0 Å². The molecule has 1 unspecified atom stereocenters. The number of ketones is 1. The van der Waals surface area contributed by atoms with Gasteiger partial charge in [0.2, 0.25) is 0 Å². The van der Waals surface area contributed by atoms with Crippen LogP contribution in [-0.4, -0.2) is 43.4 Å². The molecule has 0 spiro atoms. The van der Waals surface area contributed by atoms with Crippen LogP contribution in [0.15, 0.2) is 18.2 Å². The molecule has 3 heteroatoms. The first-order valence-electron chi connectivity index (χ1n) is 6.12. The molecule has 1 aliphatic heterocycles. The molecule has 1 aromatic carbocycles. The molecule has 0 amide bonds. The number of hydrogen-bond donors (Lipinski definition) is 1. The highest BCUT2D eigenvalue weighted by Gasteiger charge is 2.26. The second-order valence-electron chi connectivity index (χ2n) is 4.86. The number of Topliss-reactive ketones (excluding diaryl/α,β-unsaturated/α-hetero) is 1. The van der Waals surface area contributed by atoms with Crippen molar-refractivity contribution in [2.45, 2.75) is 19.9 Å². The fourth-order valence-electron chi connectivity index (χ4n) is 2.19. The minimum atomic E-state index is -0.0224. The molecule has 92 valence electrons. The molecular formula is C14H20N2O. The van der Waals surface area contributed by atoms with E-state index in [9.17, 15) is 4.79 Å². The average Bonchev–Trinajstić information content (AvgIpc) is 2.32. The molecule has 0 radical (unpaired) electrons. The molecule has 1 aliphatic rings. The van der Waals surface area contributed by atoms with Gasteiger partial charge >= 0.3 is 0 Å². The van der Waals surface area contributed by atoms with Gasteiger partial charge in [0.25, 0.3) is 0 Å². The minimum Gasteiger partial charge on any atom is -0.313 e. The lowest BCUT2D eigenvalue weighted by Gasteiger charge is -2.32. The maximum atomic E-state index is 12.4. The normalized spacial score (nSPS) is 21.5. The number of hydrogen-bond acceptors (Lipinski definition) is 3. The molecule has 0 aliphatic carbocycles. The quantitative estimate of drug-likeness (QED) is 0.782. The van der Waals surface area contributed by atoms with Crippen molar-refractivity contribution >= 4 is 5.78 Å². The third-order valence-electron chi connectivity index (χ3n) is 3.61. The van der Waals surface area contributed by atoms with E-state index in [0.717, 1.165) is 25.2 Å². The summed E-state index contributed by atoms with van der Waals surface area (Å²) in [7, 11) is 2.02. The summed E-state index contributed by atoms with van der Waals surface area (Å²) >= 11 is 0. The van der Waals surface area contributed by atoms with Crippen molar-refractivity contribution in [3.05, 3.63) is 34.9 Å². The standard InChI is InChI=1S/C14H20N2O/c1-10-4-5-12(8-11(10)2)14(17)13-9-15-6-7-16(13)3/h4-5,8,13,15H,6-7,9H2,1-3H3. The van der Waals surface area contributed by atoms with E-state index in [-0.39, 0.29) is 11.8 Å². The Morgan fingerprint density at radius 3 is 2.76 bits per heavy atom. The second kappa shape index (κ2) is 4.98. The van der Waals surface area contributed by atoms with Gasteiger partial charge in [-0.05, 0) is 38.1 Å². The van der Waals surface area contributed by atoms with Crippen LogP contribution >= 0.6 is 0 Å². The Balaban J connectivity index is 2.21. The molecule has 2 rings (SSSR count). The molecule has 1 N–H and O–H groups in total. The Morgan fingerprint density at radius 1 is 1.35 bits per heavy atom.